The lowest BCUT2D eigenvalue weighted by Crippen LogP contribution is -2.39. The summed E-state index contributed by atoms with van der Waals surface area (Å²) in [7, 11) is -3.94. The summed E-state index contributed by atoms with van der Waals surface area (Å²) < 4.78 is 77.7. The number of benzene rings is 2. The van der Waals surface area contributed by atoms with E-state index in [1.807, 2.05) is 0 Å². The van der Waals surface area contributed by atoms with Gasteiger partial charge in [-0.3, -0.25) is 0 Å². The van der Waals surface area contributed by atoms with Crippen molar-refractivity contribution in [2.75, 3.05) is 16.4 Å². The van der Waals surface area contributed by atoms with Crippen LogP contribution in [0.2, 0.25) is 0 Å². The normalized spacial score (nSPS) is 14.9. The second-order valence-electron chi connectivity index (χ2n) is 8.93. The van der Waals surface area contributed by atoms with Gasteiger partial charge in [0, 0.05) is 17.8 Å². The molecule has 1 saturated carbocycles. The second-order valence-corrected chi connectivity index (χ2v) is 10.5. The van der Waals surface area contributed by atoms with Crippen molar-refractivity contribution in [3.63, 3.8) is 0 Å². The highest BCUT2D eigenvalue weighted by Gasteiger charge is 2.64. The molecule has 0 bridgehead atoms. The zero-order chi connectivity index (χ0) is 27.3. The van der Waals surface area contributed by atoms with Crippen molar-refractivity contribution in [3.8, 4) is 11.3 Å². The van der Waals surface area contributed by atoms with Crippen LogP contribution in [-0.2, 0) is 16.6 Å². The van der Waals surface area contributed by atoms with Crippen molar-refractivity contribution < 1.29 is 26.0 Å². The molecule has 38 heavy (non-hydrogen) atoms. The van der Waals surface area contributed by atoms with E-state index >= 15 is 0 Å². The SMILES string of the molecule is Nc1cc(S(N)(=O)=O)ccc1CNc1nc(NC2(C(F)(F)F)CC2)c2nc(-c3ccc(F)cc3)ccc2n1. The molecule has 14 heteroatoms. The van der Waals surface area contributed by atoms with Crippen LogP contribution in [0, 0.1) is 5.82 Å². The molecule has 0 aliphatic heterocycles. The Balaban J connectivity index is 1.51. The van der Waals surface area contributed by atoms with Gasteiger partial charge in [-0.15, -0.1) is 0 Å². The van der Waals surface area contributed by atoms with E-state index in [2.05, 4.69) is 25.6 Å². The lowest BCUT2D eigenvalue weighted by Gasteiger charge is -2.22. The molecule has 1 aliphatic carbocycles. The van der Waals surface area contributed by atoms with Crippen molar-refractivity contribution in [1.82, 2.24) is 15.0 Å². The van der Waals surface area contributed by atoms with Gasteiger partial charge in [0.25, 0.3) is 0 Å². The number of pyridine rings is 1. The van der Waals surface area contributed by atoms with Gasteiger partial charge in [0.2, 0.25) is 16.0 Å². The molecule has 1 aliphatic rings. The predicted molar refractivity (Wildman–Crippen MR) is 134 cm³/mol. The van der Waals surface area contributed by atoms with E-state index in [0.29, 0.717) is 16.8 Å². The Morgan fingerprint density at radius 2 is 1.68 bits per heavy atom. The second kappa shape index (κ2) is 9.06. The zero-order valence-corrected chi connectivity index (χ0v) is 20.4. The van der Waals surface area contributed by atoms with Gasteiger partial charge < -0.3 is 16.4 Å². The molecular weight excluding hydrogens is 526 g/mol. The Bertz CT molecular complexity index is 1640. The summed E-state index contributed by atoms with van der Waals surface area (Å²) in [4.78, 5) is 13.0. The largest absolute Gasteiger partial charge is 0.411 e. The molecule has 2 aromatic heterocycles. The minimum Gasteiger partial charge on any atom is -0.398 e. The van der Waals surface area contributed by atoms with Crippen LogP contribution < -0.4 is 21.5 Å². The molecule has 2 aromatic carbocycles. The van der Waals surface area contributed by atoms with E-state index < -0.39 is 27.6 Å². The summed E-state index contributed by atoms with van der Waals surface area (Å²) in [6, 6.07) is 12.7. The molecule has 4 aromatic rings. The van der Waals surface area contributed by atoms with E-state index in [-0.39, 0.29) is 52.8 Å². The number of nitrogens with two attached hydrogens (primary N) is 2. The summed E-state index contributed by atoms with van der Waals surface area (Å²) in [6.07, 6.45) is -4.74. The minimum atomic E-state index is -4.51. The molecule has 0 saturated heterocycles. The van der Waals surface area contributed by atoms with Gasteiger partial charge in [-0.05, 0) is 66.9 Å². The van der Waals surface area contributed by atoms with E-state index in [1.54, 1.807) is 12.1 Å². The molecule has 0 radical (unpaired) electrons. The first kappa shape index (κ1) is 25.6. The average Bonchev–Trinajstić information content (AvgIpc) is 3.64. The molecule has 5 rings (SSSR count). The number of halogens is 4. The van der Waals surface area contributed by atoms with Crippen molar-refractivity contribution in [2.24, 2.45) is 5.14 Å². The smallest absolute Gasteiger partial charge is 0.398 e. The summed E-state index contributed by atoms with van der Waals surface area (Å²) >= 11 is 0. The van der Waals surface area contributed by atoms with Crippen LogP contribution in [0.3, 0.4) is 0 Å². The number of primary sulfonamides is 1. The molecule has 9 nitrogen and oxygen atoms in total. The molecule has 0 unspecified atom stereocenters. The lowest BCUT2D eigenvalue weighted by atomic mass is 10.1. The maximum Gasteiger partial charge on any atom is 0.411 e. The first-order valence-electron chi connectivity index (χ1n) is 11.3. The van der Waals surface area contributed by atoms with Crippen LogP contribution in [0.4, 0.5) is 35.0 Å². The van der Waals surface area contributed by atoms with Gasteiger partial charge in [-0.2, -0.15) is 18.2 Å². The average molecular weight is 548 g/mol. The number of nitrogens with one attached hydrogen (secondary N) is 2. The van der Waals surface area contributed by atoms with E-state index in [9.17, 15) is 26.0 Å². The van der Waals surface area contributed by atoms with Crippen molar-refractivity contribution in [2.45, 2.75) is 36.0 Å². The quantitative estimate of drug-likeness (QED) is 0.199. The summed E-state index contributed by atoms with van der Waals surface area (Å²) in [6.45, 7) is 0.0488. The van der Waals surface area contributed by atoms with Crippen molar-refractivity contribution >= 4 is 38.5 Å². The highest BCUT2D eigenvalue weighted by Crippen LogP contribution is 2.51. The number of alkyl halides is 3. The Morgan fingerprint density at radius 1 is 0.974 bits per heavy atom. The number of anilines is 3. The van der Waals surface area contributed by atoms with Crippen LogP contribution in [0.5, 0.6) is 0 Å². The monoisotopic (exact) mass is 547 g/mol. The van der Waals surface area contributed by atoms with Gasteiger partial charge >= 0.3 is 6.18 Å². The Hall–Kier alpha value is -4.04. The molecule has 2 heterocycles. The fraction of sp³-hybridized carbons (Fsp3) is 0.208. The molecule has 0 amide bonds. The topological polar surface area (TPSA) is 149 Å². The van der Waals surface area contributed by atoms with Crippen LogP contribution >= 0.6 is 0 Å². The first-order chi connectivity index (χ1) is 17.8. The molecule has 0 atom stereocenters. The standard InChI is InChI=1S/C24H21F4N7O2S/c25-15-4-1-13(2-5-15)18-7-8-19-20(32-18)21(35-23(9-10-23)24(26,27)28)34-22(33-19)31-12-14-3-6-16(11-17(14)29)38(30,36)37/h1-8,11H,9-10,12,29H2,(H2,30,36,37)(H2,31,33,34,35). The third-order valence-electron chi connectivity index (χ3n) is 6.22. The fourth-order valence-corrected chi connectivity index (χ4v) is 4.43. The Kier molecular flexibility index (Phi) is 6.10. The lowest BCUT2D eigenvalue weighted by molar-refractivity contribution is -0.151. The van der Waals surface area contributed by atoms with Crippen molar-refractivity contribution in [3.05, 3.63) is 66.0 Å². The third-order valence-corrected chi connectivity index (χ3v) is 7.13. The molecule has 198 valence electrons. The van der Waals surface area contributed by atoms with Crippen LogP contribution in [-0.4, -0.2) is 35.1 Å². The van der Waals surface area contributed by atoms with Gasteiger partial charge in [-0.1, -0.05) is 6.07 Å². The van der Waals surface area contributed by atoms with Gasteiger partial charge in [0.15, 0.2) is 5.82 Å². The minimum absolute atomic E-state index is 0.00392. The molecule has 6 N–H and O–H groups in total. The van der Waals surface area contributed by atoms with Crippen LogP contribution in [0.1, 0.15) is 18.4 Å². The molecular formula is C24H21F4N7O2S. The molecule has 0 spiro atoms. The summed E-state index contributed by atoms with van der Waals surface area (Å²) in [5, 5.41) is 10.6. The van der Waals surface area contributed by atoms with Crippen LogP contribution in [0.15, 0.2) is 59.5 Å². The highest BCUT2D eigenvalue weighted by atomic mass is 32.2. The number of rotatable bonds is 7. The number of nitrogen functional groups attached to an aromatic ring is 1. The fourth-order valence-electron chi connectivity index (χ4n) is 3.88. The number of hydrogen-bond donors (Lipinski definition) is 4. The van der Waals surface area contributed by atoms with E-state index in [1.165, 1.54) is 42.5 Å². The maximum absolute atomic E-state index is 13.8. The number of hydrogen-bond acceptors (Lipinski definition) is 8. The molecule has 1 fully saturated rings. The number of sulfonamides is 1. The predicted octanol–water partition coefficient (Wildman–Crippen LogP) is 4.18. The number of aromatic nitrogens is 3. The van der Waals surface area contributed by atoms with E-state index in [4.69, 9.17) is 10.9 Å². The zero-order valence-electron chi connectivity index (χ0n) is 19.6. The number of fused-ring (bicyclic) bond motifs is 1. The summed E-state index contributed by atoms with van der Waals surface area (Å²) in [5.41, 5.74) is 5.83. The highest BCUT2D eigenvalue weighted by molar-refractivity contribution is 7.89. The Morgan fingerprint density at radius 3 is 2.29 bits per heavy atom. The maximum atomic E-state index is 13.8. The Labute approximate surface area is 214 Å². The van der Waals surface area contributed by atoms with Gasteiger partial charge in [-0.25, -0.2) is 27.9 Å². The third kappa shape index (κ3) is 5.04. The van der Waals surface area contributed by atoms with Gasteiger partial charge in [0.1, 0.15) is 16.9 Å². The van der Waals surface area contributed by atoms with Crippen LogP contribution in [0.25, 0.3) is 22.3 Å². The van der Waals surface area contributed by atoms with Gasteiger partial charge in [0.05, 0.1) is 16.1 Å². The van der Waals surface area contributed by atoms with Crippen molar-refractivity contribution in [1.29, 1.82) is 0 Å². The first-order valence-corrected chi connectivity index (χ1v) is 12.8. The van der Waals surface area contributed by atoms with E-state index in [0.717, 1.165) is 0 Å². The summed E-state index contributed by atoms with van der Waals surface area (Å²) in [5.74, 6) is -0.546. The number of nitrogens with zero attached hydrogens (tertiary/aromatic N) is 3.